The van der Waals surface area contributed by atoms with Crippen LogP contribution in [0.1, 0.15) is 40.7 Å². The van der Waals surface area contributed by atoms with Crippen molar-refractivity contribution >= 4 is 5.71 Å². The van der Waals surface area contributed by atoms with Crippen molar-refractivity contribution in [2.75, 3.05) is 0 Å². The van der Waals surface area contributed by atoms with Gasteiger partial charge in [0.1, 0.15) is 0 Å². The molecule has 0 unspecified atom stereocenters. The molecule has 0 saturated carbocycles. The van der Waals surface area contributed by atoms with Crippen LogP contribution in [0.5, 0.6) is 0 Å². The van der Waals surface area contributed by atoms with Gasteiger partial charge in [0.15, 0.2) is 0 Å². The van der Waals surface area contributed by atoms with Gasteiger partial charge < -0.3 is 9.98 Å². The molecule has 0 radical (unpaired) electrons. The second-order valence-corrected chi connectivity index (χ2v) is 6.35. The zero-order valence-electron chi connectivity index (χ0n) is 14.9. The van der Waals surface area contributed by atoms with Crippen LogP contribution in [0.15, 0.2) is 30.5 Å². The number of rotatable bonds is 4. The Morgan fingerprint density at radius 3 is 2.40 bits per heavy atom. The van der Waals surface area contributed by atoms with Crippen LogP contribution in [0.2, 0.25) is 0 Å². The summed E-state index contributed by atoms with van der Waals surface area (Å²) in [5, 5.41) is 24.4. The Morgan fingerprint density at radius 2 is 1.88 bits per heavy atom. The van der Waals surface area contributed by atoms with Gasteiger partial charge in [0.25, 0.3) is 0 Å². The van der Waals surface area contributed by atoms with Gasteiger partial charge in [-0.25, -0.2) is 0 Å². The molecule has 5 nitrogen and oxygen atoms in total. The summed E-state index contributed by atoms with van der Waals surface area (Å²) in [7, 11) is 0. The second kappa shape index (κ2) is 6.40. The van der Waals surface area contributed by atoms with Gasteiger partial charge in [0, 0.05) is 28.2 Å². The lowest BCUT2D eigenvalue weighted by Gasteiger charge is -2.09. The molecule has 0 aliphatic rings. The molecule has 0 atom stereocenters. The van der Waals surface area contributed by atoms with Gasteiger partial charge >= 0.3 is 0 Å². The van der Waals surface area contributed by atoms with E-state index in [-0.39, 0.29) is 0 Å². The van der Waals surface area contributed by atoms with Gasteiger partial charge in [0.05, 0.1) is 30.1 Å². The summed E-state index contributed by atoms with van der Waals surface area (Å²) in [5.41, 5.74) is 8.60. The maximum Gasteiger partial charge on any atom is 0.0991 e. The molecule has 2 N–H and O–H groups in total. The number of benzene rings is 1. The minimum atomic E-state index is 0.542. The maximum atomic E-state index is 9.02. The quantitative estimate of drug-likeness (QED) is 0.705. The van der Waals surface area contributed by atoms with E-state index in [1.807, 2.05) is 44.3 Å². The minimum Gasteiger partial charge on any atom is -0.342 e. The number of H-pyrrole nitrogens is 1. The van der Waals surface area contributed by atoms with Crippen molar-refractivity contribution in [3.8, 4) is 17.2 Å². The molecule has 25 heavy (non-hydrogen) atoms. The Bertz CT molecular complexity index is 981. The van der Waals surface area contributed by atoms with E-state index in [0.717, 1.165) is 39.3 Å². The zero-order valence-corrected chi connectivity index (χ0v) is 14.9. The van der Waals surface area contributed by atoms with Crippen molar-refractivity contribution in [3.05, 3.63) is 64.2 Å². The van der Waals surface area contributed by atoms with Crippen LogP contribution >= 0.6 is 0 Å². The SMILES string of the molecule is CC(=N)c1c(-c2ccc(C#N)cc2)c(C)n(Cc2[nH]ncc2C)c1C. The number of hydrogen-bond acceptors (Lipinski definition) is 3. The van der Waals surface area contributed by atoms with Crippen molar-refractivity contribution in [2.45, 2.75) is 34.2 Å². The van der Waals surface area contributed by atoms with E-state index in [4.69, 9.17) is 10.7 Å². The third-order valence-electron chi connectivity index (χ3n) is 4.71. The largest absolute Gasteiger partial charge is 0.342 e. The van der Waals surface area contributed by atoms with Gasteiger partial charge in [-0.2, -0.15) is 10.4 Å². The van der Waals surface area contributed by atoms with E-state index >= 15 is 0 Å². The fraction of sp³-hybridized carbons (Fsp3) is 0.250. The molecule has 5 heteroatoms. The highest BCUT2D eigenvalue weighted by molar-refractivity contribution is 6.04. The Hall–Kier alpha value is -3.13. The summed E-state index contributed by atoms with van der Waals surface area (Å²) in [6, 6.07) is 9.71. The summed E-state index contributed by atoms with van der Waals surface area (Å²) in [5.74, 6) is 0. The topological polar surface area (TPSA) is 81.2 Å². The molecule has 3 aromatic rings. The minimum absolute atomic E-state index is 0.542. The van der Waals surface area contributed by atoms with E-state index < -0.39 is 0 Å². The fourth-order valence-electron chi connectivity index (χ4n) is 3.34. The first-order valence-corrected chi connectivity index (χ1v) is 8.18. The van der Waals surface area contributed by atoms with Gasteiger partial charge in [-0.1, -0.05) is 12.1 Å². The Morgan fingerprint density at radius 1 is 1.20 bits per heavy atom. The van der Waals surface area contributed by atoms with E-state index in [2.05, 4.69) is 34.7 Å². The maximum absolute atomic E-state index is 9.02. The Labute approximate surface area is 147 Å². The Kier molecular flexibility index (Phi) is 4.28. The number of nitriles is 1. The van der Waals surface area contributed by atoms with Gasteiger partial charge in [-0.05, 0) is 51.0 Å². The highest BCUT2D eigenvalue weighted by Gasteiger charge is 2.21. The van der Waals surface area contributed by atoms with Crippen LogP contribution in [-0.2, 0) is 6.54 Å². The number of nitrogens with zero attached hydrogens (tertiary/aromatic N) is 3. The van der Waals surface area contributed by atoms with Gasteiger partial charge in [-0.15, -0.1) is 0 Å². The number of aryl methyl sites for hydroxylation is 1. The summed E-state index contributed by atoms with van der Waals surface area (Å²) < 4.78 is 2.22. The number of aromatic amines is 1. The molecule has 1 aromatic carbocycles. The van der Waals surface area contributed by atoms with E-state index in [1.54, 1.807) is 0 Å². The lowest BCUT2D eigenvalue weighted by Crippen LogP contribution is -2.06. The summed E-state index contributed by atoms with van der Waals surface area (Å²) >= 11 is 0. The van der Waals surface area contributed by atoms with Crippen molar-refractivity contribution in [3.63, 3.8) is 0 Å². The molecule has 126 valence electrons. The molecule has 0 aliphatic heterocycles. The molecule has 2 aromatic heterocycles. The predicted molar refractivity (Wildman–Crippen MR) is 99.0 cm³/mol. The molecular weight excluding hydrogens is 310 g/mol. The molecule has 0 saturated heterocycles. The number of hydrogen-bond donors (Lipinski definition) is 2. The van der Waals surface area contributed by atoms with Crippen LogP contribution in [-0.4, -0.2) is 20.5 Å². The predicted octanol–water partition coefficient (Wildman–Crippen LogP) is 4.11. The molecule has 2 heterocycles. The number of nitrogens with one attached hydrogen (secondary N) is 2. The lowest BCUT2D eigenvalue weighted by atomic mass is 9.97. The molecule has 0 fully saturated rings. The fourth-order valence-corrected chi connectivity index (χ4v) is 3.34. The summed E-state index contributed by atoms with van der Waals surface area (Å²) in [6.07, 6.45) is 1.83. The third kappa shape index (κ3) is 2.87. The van der Waals surface area contributed by atoms with E-state index in [0.29, 0.717) is 17.8 Å². The van der Waals surface area contributed by atoms with E-state index in [9.17, 15) is 0 Å². The average Bonchev–Trinajstić information content (AvgIpc) is 3.11. The second-order valence-electron chi connectivity index (χ2n) is 6.35. The first-order valence-electron chi connectivity index (χ1n) is 8.18. The van der Waals surface area contributed by atoms with Crippen molar-refractivity contribution in [2.24, 2.45) is 0 Å². The lowest BCUT2D eigenvalue weighted by molar-refractivity contribution is 0.723. The zero-order chi connectivity index (χ0) is 18.1. The van der Waals surface area contributed by atoms with Crippen LogP contribution in [0, 0.1) is 37.5 Å². The van der Waals surface area contributed by atoms with Crippen LogP contribution in [0.3, 0.4) is 0 Å². The van der Waals surface area contributed by atoms with Crippen molar-refractivity contribution in [1.82, 2.24) is 14.8 Å². The van der Waals surface area contributed by atoms with Gasteiger partial charge in [0.2, 0.25) is 0 Å². The van der Waals surface area contributed by atoms with Gasteiger partial charge in [-0.3, -0.25) is 5.10 Å². The first kappa shape index (κ1) is 16.7. The molecular formula is C20H21N5. The van der Waals surface area contributed by atoms with Crippen LogP contribution in [0.4, 0.5) is 0 Å². The first-order chi connectivity index (χ1) is 11.9. The van der Waals surface area contributed by atoms with Crippen LogP contribution < -0.4 is 0 Å². The smallest absolute Gasteiger partial charge is 0.0991 e. The standard InChI is InChI=1S/C20H21N5/c1-12-10-23-24-18(12)11-25-14(3)19(13(2)22)20(15(25)4)17-7-5-16(9-21)6-8-17/h5-8,10,22H,11H2,1-4H3,(H,23,24). The molecule has 0 spiro atoms. The summed E-state index contributed by atoms with van der Waals surface area (Å²) in [4.78, 5) is 0. The van der Waals surface area contributed by atoms with Crippen molar-refractivity contribution in [1.29, 1.82) is 10.7 Å². The highest BCUT2D eigenvalue weighted by Crippen LogP contribution is 2.33. The molecule has 3 rings (SSSR count). The number of aromatic nitrogens is 3. The van der Waals surface area contributed by atoms with E-state index in [1.165, 1.54) is 0 Å². The molecule has 0 amide bonds. The third-order valence-corrected chi connectivity index (χ3v) is 4.71. The monoisotopic (exact) mass is 331 g/mol. The highest BCUT2D eigenvalue weighted by atomic mass is 15.1. The van der Waals surface area contributed by atoms with Crippen molar-refractivity contribution < 1.29 is 0 Å². The normalized spacial score (nSPS) is 10.7. The Balaban J connectivity index is 2.17. The molecule has 0 bridgehead atoms. The average molecular weight is 331 g/mol. The van der Waals surface area contributed by atoms with Crippen LogP contribution in [0.25, 0.3) is 11.1 Å². The molecule has 0 aliphatic carbocycles. The summed E-state index contributed by atoms with van der Waals surface area (Å²) in [6.45, 7) is 8.69.